The number of methoxy groups -OCH3 is 1. The van der Waals surface area contributed by atoms with Crippen LogP contribution < -0.4 is 5.32 Å². The zero-order valence-electron chi connectivity index (χ0n) is 14.4. The van der Waals surface area contributed by atoms with Gasteiger partial charge in [0.25, 0.3) is 5.91 Å². The first-order chi connectivity index (χ1) is 12.5. The van der Waals surface area contributed by atoms with Crippen molar-refractivity contribution in [3.63, 3.8) is 0 Å². The highest BCUT2D eigenvalue weighted by Gasteiger charge is 2.24. The number of fused-ring (bicyclic) bond motifs is 1. The molecule has 2 heterocycles. The molecule has 3 N–H and O–H groups in total. The number of hydrogen-bond acceptors (Lipinski definition) is 5. The molecule has 1 aromatic carbocycles. The molecule has 3 aromatic rings. The maximum Gasteiger partial charge on any atom is 0.326 e. The van der Waals surface area contributed by atoms with Crippen LogP contribution in [0.3, 0.4) is 0 Å². The topological polar surface area (TPSA) is 104 Å². The quantitative estimate of drug-likeness (QED) is 0.590. The van der Waals surface area contributed by atoms with Crippen LogP contribution in [-0.2, 0) is 22.6 Å². The van der Waals surface area contributed by atoms with Crippen molar-refractivity contribution in [2.24, 2.45) is 0 Å². The van der Waals surface area contributed by atoms with Crippen LogP contribution >= 0.6 is 11.3 Å². The molecule has 0 aliphatic heterocycles. The van der Waals surface area contributed by atoms with E-state index in [0.717, 1.165) is 16.5 Å². The number of carbonyl (C=O) groups excluding carboxylic acids is 1. The van der Waals surface area contributed by atoms with Crippen LogP contribution in [0, 0.1) is 6.92 Å². The van der Waals surface area contributed by atoms with Crippen molar-refractivity contribution in [2.75, 3.05) is 7.11 Å². The summed E-state index contributed by atoms with van der Waals surface area (Å²) < 4.78 is 5.02. The molecular formula is C18H19N3O4S. The van der Waals surface area contributed by atoms with Crippen molar-refractivity contribution in [3.05, 3.63) is 51.6 Å². The zero-order chi connectivity index (χ0) is 18.7. The van der Waals surface area contributed by atoms with Crippen molar-refractivity contribution >= 4 is 34.1 Å². The highest BCUT2D eigenvalue weighted by molar-refractivity contribution is 7.13. The lowest BCUT2D eigenvalue weighted by Crippen LogP contribution is -2.42. The summed E-state index contributed by atoms with van der Waals surface area (Å²) in [6.07, 6.45) is 1.97. The monoisotopic (exact) mass is 373 g/mol. The van der Waals surface area contributed by atoms with Crippen LogP contribution in [0.5, 0.6) is 0 Å². The number of aryl methyl sites for hydroxylation is 1. The van der Waals surface area contributed by atoms with E-state index in [1.807, 2.05) is 24.3 Å². The summed E-state index contributed by atoms with van der Waals surface area (Å²) in [5, 5.41) is 13.8. The van der Waals surface area contributed by atoms with Gasteiger partial charge in [0.15, 0.2) is 0 Å². The van der Waals surface area contributed by atoms with Gasteiger partial charge in [-0.05, 0) is 18.6 Å². The summed E-state index contributed by atoms with van der Waals surface area (Å²) in [7, 11) is 1.55. The molecular weight excluding hydrogens is 354 g/mol. The number of aliphatic carboxylic acids is 1. The number of benzene rings is 1. The van der Waals surface area contributed by atoms with Crippen molar-refractivity contribution < 1.29 is 19.4 Å². The third-order valence-electron chi connectivity index (χ3n) is 4.02. The molecule has 3 rings (SSSR count). The standard InChI is InChI=1S/C18H19N3O4S/c1-10-16(26-15(20-10)9-25-2)17(22)21-14(18(23)24)7-11-8-19-13-6-4-3-5-12(11)13/h3-6,8,14,19H,7,9H2,1-2H3,(H,21,22)(H,23,24). The van der Waals surface area contributed by atoms with Gasteiger partial charge in [-0.25, -0.2) is 9.78 Å². The van der Waals surface area contributed by atoms with Gasteiger partial charge in [0.1, 0.15) is 15.9 Å². The molecule has 2 aromatic heterocycles. The molecule has 0 radical (unpaired) electrons. The van der Waals surface area contributed by atoms with Crippen LogP contribution in [0.15, 0.2) is 30.5 Å². The number of ether oxygens (including phenoxy) is 1. The molecule has 8 heteroatoms. The Bertz CT molecular complexity index is 947. The number of para-hydroxylation sites is 1. The van der Waals surface area contributed by atoms with E-state index in [4.69, 9.17) is 4.74 Å². The number of rotatable bonds is 7. The van der Waals surface area contributed by atoms with Gasteiger partial charge in [-0.2, -0.15) is 0 Å². The lowest BCUT2D eigenvalue weighted by atomic mass is 10.0. The van der Waals surface area contributed by atoms with E-state index in [0.29, 0.717) is 22.2 Å². The number of carboxylic acids is 1. The number of H-pyrrole nitrogens is 1. The number of nitrogens with zero attached hydrogens (tertiary/aromatic N) is 1. The Balaban J connectivity index is 1.78. The van der Waals surface area contributed by atoms with E-state index in [-0.39, 0.29) is 6.42 Å². The Morgan fingerprint density at radius 1 is 1.38 bits per heavy atom. The van der Waals surface area contributed by atoms with Gasteiger partial charge in [0.05, 0.1) is 12.3 Å². The molecule has 1 atom stereocenters. The highest BCUT2D eigenvalue weighted by Crippen LogP contribution is 2.21. The summed E-state index contributed by atoms with van der Waals surface area (Å²) in [4.78, 5) is 32.0. The maximum atomic E-state index is 12.5. The summed E-state index contributed by atoms with van der Waals surface area (Å²) >= 11 is 1.21. The molecule has 0 aliphatic rings. The minimum Gasteiger partial charge on any atom is -0.480 e. The Hall–Kier alpha value is -2.71. The first-order valence-corrected chi connectivity index (χ1v) is 8.85. The molecule has 0 fully saturated rings. The average Bonchev–Trinajstić information content (AvgIpc) is 3.18. The third-order valence-corrected chi connectivity index (χ3v) is 5.15. The van der Waals surface area contributed by atoms with Gasteiger partial charge >= 0.3 is 5.97 Å². The fraction of sp³-hybridized carbons (Fsp3) is 0.278. The number of aromatic nitrogens is 2. The average molecular weight is 373 g/mol. The highest BCUT2D eigenvalue weighted by atomic mass is 32.1. The van der Waals surface area contributed by atoms with Crippen LogP contribution in [-0.4, -0.2) is 40.1 Å². The van der Waals surface area contributed by atoms with E-state index in [9.17, 15) is 14.7 Å². The summed E-state index contributed by atoms with van der Waals surface area (Å²) in [5.41, 5.74) is 2.34. The van der Waals surface area contributed by atoms with Gasteiger partial charge in [-0.1, -0.05) is 18.2 Å². The lowest BCUT2D eigenvalue weighted by Gasteiger charge is -2.13. The molecule has 1 unspecified atom stereocenters. The summed E-state index contributed by atoms with van der Waals surface area (Å²) in [6, 6.07) is 6.61. The third kappa shape index (κ3) is 3.76. The zero-order valence-corrected chi connectivity index (χ0v) is 15.2. The minimum atomic E-state index is -1.08. The molecule has 1 amide bonds. The SMILES string of the molecule is COCc1nc(C)c(C(=O)NC(Cc2c[nH]c3ccccc23)C(=O)O)s1. The second-order valence-electron chi connectivity index (χ2n) is 5.88. The Labute approximate surface area is 154 Å². The van der Waals surface area contributed by atoms with Crippen LogP contribution in [0.25, 0.3) is 10.9 Å². The summed E-state index contributed by atoms with van der Waals surface area (Å²) in [6.45, 7) is 2.04. The largest absolute Gasteiger partial charge is 0.480 e. The first-order valence-electron chi connectivity index (χ1n) is 8.03. The molecule has 136 valence electrons. The Kier molecular flexibility index (Phi) is 5.34. The lowest BCUT2D eigenvalue weighted by molar-refractivity contribution is -0.139. The molecule has 7 nitrogen and oxygen atoms in total. The van der Waals surface area contributed by atoms with Crippen LogP contribution in [0.2, 0.25) is 0 Å². The number of nitrogens with one attached hydrogen (secondary N) is 2. The van der Waals surface area contributed by atoms with Crippen molar-refractivity contribution in [1.29, 1.82) is 0 Å². The second-order valence-corrected chi connectivity index (χ2v) is 6.97. The van der Waals surface area contributed by atoms with Gasteiger partial charge < -0.3 is 20.1 Å². The number of thiazole rings is 1. The minimum absolute atomic E-state index is 0.188. The van der Waals surface area contributed by atoms with Crippen LogP contribution in [0.4, 0.5) is 0 Å². The number of carbonyl (C=O) groups is 2. The van der Waals surface area contributed by atoms with E-state index >= 15 is 0 Å². The fourth-order valence-corrected chi connectivity index (χ4v) is 3.73. The number of aromatic amines is 1. The number of hydrogen-bond donors (Lipinski definition) is 3. The molecule has 0 spiro atoms. The van der Waals surface area contributed by atoms with Crippen molar-refractivity contribution in [3.8, 4) is 0 Å². The van der Waals surface area contributed by atoms with E-state index in [2.05, 4.69) is 15.3 Å². The van der Waals surface area contributed by atoms with Gasteiger partial charge in [0.2, 0.25) is 0 Å². The normalized spacial score (nSPS) is 12.2. The van der Waals surface area contributed by atoms with E-state index < -0.39 is 17.9 Å². The molecule has 0 saturated heterocycles. The number of carboxylic acid groups (broad SMARTS) is 1. The van der Waals surface area contributed by atoms with Crippen LogP contribution in [0.1, 0.15) is 25.9 Å². The van der Waals surface area contributed by atoms with E-state index in [1.54, 1.807) is 20.2 Å². The van der Waals surface area contributed by atoms with Gasteiger partial charge in [-0.15, -0.1) is 11.3 Å². The van der Waals surface area contributed by atoms with E-state index in [1.165, 1.54) is 11.3 Å². The Morgan fingerprint density at radius 3 is 2.88 bits per heavy atom. The van der Waals surface area contributed by atoms with Gasteiger partial charge in [-0.3, -0.25) is 4.79 Å². The molecule has 0 saturated carbocycles. The van der Waals surface area contributed by atoms with Crippen molar-refractivity contribution in [2.45, 2.75) is 26.0 Å². The maximum absolute atomic E-state index is 12.5. The van der Waals surface area contributed by atoms with Crippen molar-refractivity contribution in [1.82, 2.24) is 15.3 Å². The molecule has 0 aliphatic carbocycles. The predicted molar refractivity (Wildman–Crippen MR) is 98.5 cm³/mol. The van der Waals surface area contributed by atoms with Gasteiger partial charge in [0, 0.05) is 30.6 Å². The smallest absolute Gasteiger partial charge is 0.326 e. The Morgan fingerprint density at radius 2 is 2.15 bits per heavy atom. The second kappa shape index (κ2) is 7.67. The predicted octanol–water partition coefficient (Wildman–Crippen LogP) is 2.50. The first kappa shape index (κ1) is 18.1. The molecule has 0 bridgehead atoms. The summed E-state index contributed by atoms with van der Waals surface area (Å²) in [5.74, 6) is -1.52. The number of amides is 1. The molecule has 26 heavy (non-hydrogen) atoms. The fourth-order valence-electron chi connectivity index (χ4n) is 2.79.